The average Bonchev–Trinajstić information content (AvgIpc) is 2.29. The molecule has 0 fully saturated rings. The molecule has 0 aliphatic carbocycles. The number of hydrogen-bond acceptors (Lipinski definition) is 4. The Kier molecular flexibility index (Phi) is 5.46. The maximum absolute atomic E-state index is 11.7. The first kappa shape index (κ1) is 14.8. The summed E-state index contributed by atoms with van der Waals surface area (Å²) < 4.78 is 30.6. The maximum Gasteiger partial charge on any atom is 0.219 e. The van der Waals surface area contributed by atoms with Gasteiger partial charge in [-0.05, 0) is 6.92 Å². The van der Waals surface area contributed by atoms with Gasteiger partial charge < -0.3 is 4.74 Å². The fourth-order valence-electron chi connectivity index (χ4n) is 1.51. The van der Waals surface area contributed by atoms with Crippen LogP contribution in [0, 0.1) is 0 Å². The molecule has 0 spiro atoms. The zero-order valence-corrected chi connectivity index (χ0v) is 11.2. The predicted octanol–water partition coefficient (Wildman–Crippen LogP) is 0.824. The van der Waals surface area contributed by atoms with Crippen LogP contribution in [-0.2, 0) is 14.8 Å². The fraction of sp³-hybridized carbons (Fsp3) is 0.417. The molecule has 0 amide bonds. The topological polar surface area (TPSA) is 72.5 Å². The molecule has 0 aliphatic heterocycles. The quantitative estimate of drug-likeness (QED) is 0.745. The second-order valence-electron chi connectivity index (χ2n) is 4.02. The van der Waals surface area contributed by atoms with Crippen molar-refractivity contribution in [3.8, 4) is 0 Å². The van der Waals surface area contributed by atoms with E-state index in [0.29, 0.717) is 5.56 Å². The van der Waals surface area contributed by atoms with E-state index in [1.165, 1.54) is 7.11 Å². The third-order valence-electron chi connectivity index (χ3n) is 2.21. The lowest BCUT2D eigenvalue weighted by molar-refractivity contribution is 0.102. The molecule has 0 saturated carbocycles. The van der Waals surface area contributed by atoms with Gasteiger partial charge in [-0.1, -0.05) is 30.3 Å². The highest BCUT2D eigenvalue weighted by Gasteiger charge is 2.19. The molecule has 0 aromatic heterocycles. The van der Waals surface area contributed by atoms with Gasteiger partial charge in [0.05, 0.1) is 6.61 Å². The lowest BCUT2D eigenvalue weighted by Gasteiger charge is -2.12. The Bertz CT molecular complexity index is 484. The van der Waals surface area contributed by atoms with Crippen molar-refractivity contribution in [1.29, 1.82) is 0 Å². The van der Waals surface area contributed by atoms with Crippen molar-refractivity contribution in [3.05, 3.63) is 35.9 Å². The van der Waals surface area contributed by atoms with Crippen LogP contribution in [0.15, 0.2) is 30.3 Å². The lowest BCUT2D eigenvalue weighted by Crippen LogP contribution is -2.38. The standard InChI is InChI=1S/C12H17NO4S/c1-10(8-17-2)13-18(15,16)9-12(14)11-6-4-3-5-7-11/h3-7,10,13H,8-9H2,1-2H3/t10-/m0/s1. The number of nitrogens with one attached hydrogen (secondary N) is 1. The van der Waals surface area contributed by atoms with E-state index in [-0.39, 0.29) is 12.6 Å². The second-order valence-corrected chi connectivity index (χ2v) is 5.78. The monoisotopic (exact) mass is 271 g/mol. The number of benzene rings is 1. The minimum absolute atomic E-state index is 0.263. The number of rotatable bonds is 7. The van der Waals surface area contributed by atoms with Gasteiger partial charge in [-0.15, -0.1) is 0 Å². The van der Waals surface area contributed by atoms with E-state index in [9.17, 15) is 13.2 Å². The van der Waals surface area contributed by atoms with Crippen molar-refractivity contribution in [2.24, 2.45) is 0 Å². The number of Topliss-reactive ketones (excluding diaryl/α,β-unsaturated/α-hetero) is 1. The summed E-state index contributed by atoms with van der Waals surface area (Å²) in [5.41, 5.74) is 0.391. The Morgan fingerprint density at radius 1 is 1.33 bits per heavy atom. The van der Waals surface area contributed by atoms with E-state index in [0.717, 1.165) is 0 Å². The van der Waals surface area contributed by atoms with E-state index < -0.39 is 21.6 Å². The first-order valence-electron chi connectivity index (χ1n) is 5.52. The number of carbonyl (C=O) groups excluding carboxylic acids is 1. The Hall–Kier alpha value is -1.24. The molecule has 1 aromatic carbocycles. The van der Waals surface area contributed by atoms with Gasteiger partial charge in [0.1, 0.15) is 5.75 Å². The third-order valence-corrected chi connectivity index (χ3v) is 3.62. The number of hydrogen-bond donors (Lipinski definition) is 1. The van der Waals surface area contributed by atoms with Crippen LogP contribution in [0.2, 0.25) is 0 Å². The molecule has 1 N–H and O–H groups in total. The first-order valence-corrected chi connectivity index (χ1v) is 7.17. The lowest BCUT2D eigenvalue weighted by atomic mass is 10.2. The van der Waals surface area contributed by atoms with Crippen molar-refractivity contribution < 1.29 is 17.9 Å². The summed E-state index contributed by atoms with van der Waals surface area (Å²) in [4.78, 5) is 11.7. The van der Waals surface area contributed by atoms with E-state index in [2.05, 4.69) is 4.72 Å². The van der Waals surface area contributed by atoms with Crippen molar-refractivity contribution in [1.82, 2.24) is 4.72 Å². The molecule has 0 aliphatic rings. The summed E-state index contributed by atoms with van der Waals surface area (Å²) in [6.07, 6.45) is 0. The van der Waals surface area contributed by atoms with Crippen LogP contribution in [0.4, 0.5) is 0 Å². The molecule has 1 rings (SSSR count). The second kappa shape index (κ2) is 6.63. The predicted molar refractivity (Wildman–Crippen MR) is 69.0 cm³/mol. The molecular weight excluding hydrogens is 254 g/mol. The highest BCUT2D eigenvalue weighted by molar-refractivity contribution is 7.90. The number of carbonyl (C=O) groups is 1. The van der Waals surface area contributed by atoms with E-state index in [1.807, 2.05) is 0 Å². The van der Waals surface area contributed by atoms with Crippen LogP contribution >= 0.6 is 0 Å². The molecule has 0 heterocycles. The number of methoxy groups -OCH3 is 1. The summed E-state index contributed by atoms with van der Waals surface area (Å²) in [5, 5.41) is 0. The normalized spacial score (nSPS) is 13.2. The zero-order valence-electron chi connectivity index (χ0n) is 10.4. The SMILES string of the molecule is COC[C@H](C)NS(=O)(=O)CC(=O)c1ccccc1. The Morgan fingerprint density at radius 3 is 2.50 bits per heavy atom. The van der Waals surface area contributed by atoms with Crippen molar-refractivity contribution in [2.45, 2.75) is 13.0 Å². The van der Waals surface area contributed by atoms with Crippen molar-refractivity contribution in [3.63, 3.8) is 0 Å². The van der Waals surface area contributed by atoms with Gasteiger partial charge in [0, 0.05) is 18.7 Å². The van der Waals surface area contributed by atoms with E-state index in [4.69, 9.17) is 4.74 Å². The first-order chi connectivity index (χ1) is 8.44. The van der Waals surface area contributed by atoms with Crippen LogP contribution < -0.4 is 4.72 Å². The van der Waals surface area contributed by atoms with Crippen molar-refractivity contribution in [2.75, 3.05) is 19.5 Å². The molecule has 0 bridgehead atoms. The summed E-state index contributed by atoms with van der Waals surface area (Å²) in [6.45, 7) is 1.94. The molecule has 0 radical (unpaired) electrons. The summed E-state index contributed by atoms with van der Waals surface area (Å²) in [5.74, 6) is -0.974. The smallest absolute Gasteiger partial charge is 0.219 e. The molecule has 1 atom stereocenters. The molecule has 100 valence electrons. The summed E-state index contributed by atoms with van der Waals surface area (Å²) in [6, 6.07) is 7.99. The number of sulfonamides is 1. The zero-order chi connectivity index (χ0) is 13.6. The minimum atomic E-state index is -3.63. The van der Waals surface area contributed by atoms with Gasteiger partial charge in [-0.3, -0.25) is 4.79 Å². The number of ketones is 1. The Morgan fingerprint density at radius 2 is 1.94 bits per heavy atom. The molecule has 5 nitrogen and oxygen atoms in total. The minimum Gasteiger partial charge on any atom is -0.383 e. The van der Waals surface area contributed by atoms with Gasteiger partial charge in [0.2, 0.25) is 10.0 Å². The van der Waals surface area contributed by atoms with Crippen LogP contribution in [-0.4, -0.2) is 39.7 Å². The van der Waals surface area contributed by atoms with Crippen molar-refractivity contribution >= 4 is 15.8 Å². The van der Waals surface area contributed by atoms with Crippen LogP contribution in [0.5, 0.6) is 0 Å². The van der Waals surface area contributed by atoms with Gasteiger partial charge in [0.25, 0.3) is 0 Å². The fourth-order valence-corrected chi connectivity index (χ4v) is 2.79. The Labute approximate surface area is 107 Å². The van der Waals surface area contributed by atoms with Crippen LogP contribution in [0.3, 0.4) is 0 Å². The molecule has 18 heavy (non-hydrogen) atoms. The van der Waals surface area contributed by atoms with Crippen LogP contribution in [0.1, 0.15) is 17.3 Å². The summed E-state index contributed by atoms with van der Waals surface area (Å²) >= 11 is 0. The largest absolute Gasteiger partial charge is 0.383 e. The molecule has 6 heteroatoms. The maximum atomic E-state index is 11.7. The summed E-state index contributed by atoms with van der Waals surface area (Å²) in [7, 11) is -2.14. The highest BCUT2D eigenvalue weighted by Crippen LogP contribution is 2.02. The third kappa shape index (κ3) is 4.95. The molecule has 1 aromatic rings. The van der Waals surface area contributed by atoms with Gasteiger partial charge in [-0.2, -0.15) is 0 Å². The molecular formula is C12H17NO4S. The number of ether oxygens (including phenoxy) is 1. The molecule has 0 saturated heterocycles. The van der Waals surface area contributed by atoms with Gasteiger partial charge >= 0.3 is 0 Å². The molecule has 0 unspecified atom stereocenters. The van der Waals surface area contributed by atoms with Gasteiger partial charge in [0.15, 0.2) is 5.78 Å². The Balaban J connectivity index is 2.64. The van der Waals surface area contributed by atoms with Crippen LogP contribution in [0.25, 0.3) is 0 Å². The average molecular weight is 271 g/mol. The van der Waals surface area contributed by atoms with E-state index in [1.54, 1.807) is 37.3 Å². The highest BCUT2D eigenvalue weighted by atomic mass is 32.2. The van der Waals surface area contributed by atoms with Gasteiger partial charge in [-0.25, -0.2) is 13.1 Å². The van der Waals surface area contributed by atoms with E-state index >= 15 is 0 Å².